The van der Waals surface area contributed by atoms with Crippen molar-refractivity contribution in [1.82, 2.24) is 19.8 Å². The summed E-state index contributed by atoms with van der Waals surface area (Å²) in [4.78, 5) is 0.378. The number of aliphatic hydroxyl groups excluding tert-OH is 5. The summed E-state index contributed by atoms with van der Waals surface area (Å²) < 4.78 is 1.40. The van der Waals surface area contributed by atoms with Gasteiger partial charge in [-0.05, 0) is 24.3 Å². The molecule has 2 heterocycles. The second-order valence-electron chi connectivity index (χ2n) is 5.34. The highest BCUT2D eigenvalue weighted by molar-refractivity contribution is 7.16. The van der Waals surface area contributed by atoms with E-state index in [0.717, 1.165) is 11.3 Å². The third kappa shape index (κ3) is 3.51. The van der Waals surface area contributed by atoms with Crippen molar-refractivity contribution in [2.75, 3.05) is 6.61 Å². The summed E-state index contributed by atoms with van der Waals surface area (Å²) in [7, 11) is 0. The second kappa shape index (κ2) is 7.30. The lowest BCUT2D eigenvalue weighted by Gasteiger charge is -2.24. The fourth-order valence-corrected chi connectivity index (χ4v) is 3.19. The molecule has 1 aromatic carbocycles. The highest BCUT2D eigenvalue weighted by Crippen LogP contribution is 2.28. The Morgan fingerprint density at radius 1 is 1.04 bits per heavy atom. The van der Waals surface area contributed by atoms with Crippen LogP contribution in [0.2, 0.25) is 5.02 Å². The second-order valence-corrected chi connectivity index (χ2v) is 6.77. The van der Waals surface area contributed by atoms with Crippen LogP contribution in [0.25, 0.3) is 16.3 Å². The van der Waals surface area contributed by atoms with Crippen LogP contribution in [0.5, 0.6) is 0 Å². The Balaban J connectivity index is 1.90. The standard InChI is InChI=1S/C14H15ClN4O5S/c15-7-3-1-6(2-4-7)12-16-17-14-19(12)18-13(25-14)11(24)10(23)9(22)8(21)5-20/h1-4,8-11,20-24H,5H2/t8-,9-,10+,11-/m1/s1. The molecule has 0 unspecified atom stereocenters. The summed E-state index contributed by atoms with van der Waals surface area (Å²) in [5.74, 6) is 0.423. The number of hydrogen-bond donors (Lipinski definition) is 5. The molecular formula is C14H15ClN4O5S. The van der Waals surface area contributed by atoms with E-state index in [9.17, 15) is 20.4 Å². The zero-order valence-electron chi connectivity index (χ0n) is 12.6. The van der Waals surface area contributed by atoms with Crippen molar-refractivity contribution in [3.8, 4) is 11.4 Å². The number of fused-ring (bicyclic) bond motifs is 1. The molecule has 0 fully saturated rings. The van der Waals surface area contributed by atoms with Crippen LogP contribution in [0.1, 0.15) is 11.1 Å². The van der Waals surface area contributed by atoms with Gasteiger partial charge in [0.15, 0.2) is 5.82 Å². The first-order valence-corrected chi connectivity index (χ1v) is 8.43. The molecular weight excluding hydrogens is 372 g/mol. The van der Waals surface area contributed by atoms with Crippen LogP contribution >= 0.6 is 22.9 Å². The molecule has 2 aromatic heterocycles. The summed E-state index contributed by atoms with van der Waals surface area (Å²) in [5, 5.41) is 60.9. The summed E-state index contributed by atoms with van der Waals surface area (Å²) in [6, 6.07) is 6.86. The minimum atomic E-state index is -1.73. The van der Waals surface area contributed by atoms with E-state index in [1.807, 2.05) is 0 Å². The van der Waals surface area contributed by atoms with Crippen LogP contribution in [0.15, 0.2) is 24.3 Å². The largest absolute Gasteiger partial charge is 0.394 e. The Morgan fingerprint density at radius 3 is 2.36 bits per heavy atom. The van der Waals surface area contributed by atoms with Crippen LogP contribution < -0.4 is 0 Å². The third-order valence-corrected chi connectivity index (χ3v) is 4.84. The van der Waals surface area contributed by atoms with Gasteiger partial charge in [0.05, 0.1) is 6.61 Å². The Hall–Kier alpha value is -1.66. The molecule has 0 aliphatic rings. The highest BCUT2D eigenvalue weighted by Gasteiger charge is 2.33. The fourth-order valence-electron chi connectivity index (χ4n) is 2.20. The van der Waals surface area contributed by atoms with Gasteiger partial charge in [0.2, 0.25) is 4.96 Å². The van der Waals surface area contributed by atoms with Gasteiger partial charge < -0.3 is 25.5 Å². The maximum atomic E-state index is 10.2. The van der Waals surface area contributed by atoms with Crippen LogP contribution in [0.3, 0.4) is 0 Å². The monoisotopic (exact) mass is 386 g/mol. The Bertz CT molecular complexity index is 855. The van der Waals surface area contributed by atoms with Crippen molar-refractivity contribution in [1.29, 1.82) is 0 Å². The van der Waals surface area contributed by atoms with Crippen LogP contribution in [-0.2, 0) is 0 Å². The van der Waals surface area contributed by atoms with E-state index >= 15 is 0 Å². The molecule has 3 rings (SSSR count). The number of aromatic nitrogens is 4. The lowest BCUT2D eigenvalue weighted by atomic mass is 10.0. The minimum absolute atomic E-state index is 0.0804. The first kappa shape index (κ1) is 18.1. The number of benzene rings is 1. The predicted octanol–water partition coefficient (Wildman–Crippen LogP) is -0.385. The van der Waals surface area contributed by atoms with Gasteiger partial charge in [-0.1, -0.05) is 22.9 Å². The SMILES string of the molecule is OC[C@@H](O)[C@@H](O)[C@H](O)[C@@H](O)c1nn2c(-c3ccc(Cl)cc3)nnc2s1. The van der Waals surface area contributed by atoms with Crippen LogP contribution in [0, 0.1) is 0 Å². The maximum absolute atomic E-state index is 10.2. The van der Waals surface area contributed by atoms with Gasteiger partial charge >= 0.3 is 0 Å². The molecule has 5 N–H and O–H groups in total. The highest BCUT2D eigenvalue weighted by atomic mass is 35.5. The van der Waals surface area contributed by atoms with Crippen molar-refractivity contribution >= 4 is 27.9 Å². The Kier molecular flexibility index (Phi) is 5.29. The third-order valence-electron chi connectivity index (χ3n) is 3.62. The quantitative estimate of drug-likeness (QED) is 0.385. The molecule has 25 heavy (non-hydrogen) atoms. The number of halogens is 1. The van der Waals surface area contributed by atoms with Gasteiger partial charge in [-0.25, -0.2) is 0 Å². The minimum Gasteiger partial charge on any atom is -0.394 e. The van der Waals surface area contributed by atoms with E-state index in [-0.39, 0.29) is 5.01 Å². The molecule has 0 aliphatic heterocycles. The van der Waals surface area contributed by atoms with Crippen molar-refractivity contribution in [3.63, 3.8) is 0 Å². The average molecular weight is 387 g/mol. The number of aliphatic hydroxyl groups is 5. The molecule has 0 spiro atoms. The molecule has 0 saturated heterocycles. The Labute approximate surface area is 150 Å². The summed E-state index contributed by atoms with van der Waals surface area (Å²) >= 11 is 6.84. The van der Waals surface area contributed by atoms with Crippen LogP contribution in [-0.4, -0.2) is 70.3 Å². The molecule has 4 atom stereocenters. The van der Waals surface area contributed by atoms with E-state index in [4.69, 9.17) is 16.7 Å². The van der Waals surface area contributed by atoms with Gasteiger partial charge in [-0.15, -0.1) is 10.2 Å². The first-order valence-electron chi connectivity index (χ1n) is 7.23. The number of nitrogens with zero attached hydrogens (tertiary/aromatic N) is 4. The topological polar surface area (TPSA) is 144 Å². The van der Waals surface area contributed by atoms with E-state index in [0.29, 0.717) is 21.4 Å². The number of hydrogen-bond acceptors (Lipinski definition) is 9. The smallest absolute Gasteiger partial charge is 0.235 e. The zero-order valence-corrected chi connectivity index (χ0v) is 14.2. The molecule has 3 aromatic rings. The fraction of sp³-hybridized carbons (Fsp3) is 0.357. The van der Waals surface area contributed by atoms with E-state index in [1.54, 1.807) is 24.3 Å². The van der Waals surface area contributed by atoms with Crippen molar-refractivity contribution < 1.29 is 25.5 Å². The lowest BCUT2D eigenvalue weighted by molar-refractivity contribution is -0.116. The zero-order chi connectivity index (χ0) is 18.1. The van der Waals surface area contributed by atoms with Gasteiger partial charge in [0, 0.05) is 10.6 Å². The van der Waals surface area contributed by atoms with E-state index in [2.05, 4.69) is 15.3 Å². The molecule has 0 amide bonds. The molecule has 134 valence electrons. The molecule has 0 saturated carbocycles. The first-order chi connectivity index (χ1) is 11.9. The maximum Gasteiger partial charge on any atom is 0.235 e. The van der Waals surface area contributed by atoms with Gasteiger partial charge in [-0.3, -0.25) is 0 Å². The van der Waals surface area contributed by atoms with Crippen molar-refractivity contribution in [2.24, 2.45) is 0 Å². The molecule has 9 nitrogen and oxygen atoms in total. The normalized spacial score (nSPS) is 16.7. The van der Waals surface area contributed by atoms with E-state index < -0.39 is 31.0 Å². The van der Waals surface area contributed by atoms with Gasteiger partial charge in [0.25, 0.3) is 0 Å². The Morgan fingerprint density at radius 2 is 1.72 bits per heavy atom. The summed E-state index contributed by atoms with van der Waals surface area (Å²) in [6.45, 7) is -0.753. The van der Waals surface area contributed by atoms with Gasteiger partial charge in [-0.2, -0.15) is 9.61 Å². The molecule has 0 radical (unpaired) electrons. The summed E-state index contributed by atoms with van der Waals surface area (Å²) in [5.41, 5.74) is 0.708. The predicted molar refractivity (Wildman–Crippen MR) is 89.2 cm³/mol. The van der Waals surface area contributed by atoms with Crippen molar-refractivity contribution in [2.45, 2.75) is 24.4 Å². The molecule has 0 bridgehead atoms. The van der Waals surface area contributed by atoms with Gasteiger partial charge in [0.1, 0.15) is 29.4 Å². The van der Waals surface area contributed by atoms with Crippen molar-refractivity contribution in [3.05, 3.63) is 34.3 Å². The molecule has 11 heteroatoms. The van der Waals surface area contributed by atoms with E-state index in [1.165, 1.54) is 4.52 Å². The molecule has 0 aliphatic carbocycles. The lowest BCUT2D eigenvalue weighted by Crippen LogP contribution is -2.42. The average Bonchev–Trinajstić information content (AvgIpc) is 3.20. The summed E-state index contributed by atoms with van der Waals surface area (Å²) in [6.07, 6.45) is -6.61. The van der Waals surface area contributed by atoms with Crippen LogP contribution in [0.4, 0.5) is 0 Å². The number of rotatable bonds is 6.